The molecule has 2 nitrogen and oxygen atoms in total. The van der Waals surface area contributed by atoms with Gasteiger partial charge in [-0.2, -0.15) is 0 Å². The third-order valence-corrected chi connectivity index (χ3v) is 4.21. The summed E-state index contributed by atoms with van der Waals surface area (Å²) in [5.41, 5.74) is 9.22. The minimum Gasteiger partial charge on any atom is -0.373 e. The van der Waals surface area contributed by atoms with Gasteiger partial charge in [-0.1, -0.05) is 38.0 Å². The van der Waals surface area contributed by atoms with Crippen molar-refractivity contribution >= 4 is 5.69 Å². The number of nitrogens with two attached hydrogens (primary N) is 1. The second kappa shape index (κ2) is 5.31. The predicted octanol–water partition coefficient (Wildman–Crippen LogP) is 3.34. The van der Waals surface area contributed by atoms with Crippen molar-refractivity contribution in [2.24, 2.45) is 11.7 Å². The number of rotatable bonds is 3. The van der Waals surface area contributed by atoms with Crippen LogP contribution in [0.5, 0.6) is 0 Å². The summed E-state index contributed by atoms with van der Waals surface area (Å²) < 4.78 is 0. The number of aryl methyl sites for hydroxylation is 1. The Morgan fingerprint density at radius 2 is 2.11 bits per heavy atom. The molecule has 1 aromatic carbocycles. The van der Waals surface area contributed by atoms with E-state index in [1.807, 2.05) is 0 Å². The zero-order chi connectivity index (χ0) is 13.2. The summed E-state index contributed by atoms with van der Waals surface area (Å²) in [6, 6.07) is 8.54. The molecule has 0 radical (unpaired) electrons. The Kier molecular flexibility index (Phi) is 3.96. The molecule has 1 fully saturated rings. The average molecular weight is 246 g/mol. The van der Waals surface area contributed by atoms with Crippen LogP contribution < -0.4 is 10.6 Å². The second-order valence-electron chi connectivity index (χ2n) is 6.21. The van der Waals surface area contributed by atoms with E-state index >= 15 is 0 Å². The Bertz CT molecular complexity index is 402. The SMILES string of the molecule is Cc1ccccc1N(C)CC1(N)CCCC(C)C1. The monoisotopic (exact) mass is 246 g/mol. The van der Waals surface area contributed by atoms with Gasteiger partial charge in [-0.05, 0) is 37.3 Å². The van der Waals surface area contributed by atoms with E-state index in [0.29, 0.717) is 0 Å². The van der Waals surface area contributed by atoms with Crippen molar-refractivity contribution in [1.29, 1.82) is 0 Å². The van der Waals surface area contributed by atoms with Gasteiger partial charge >= 0.3 is 0 Å². The molecular weight excluding hydrogens is 220 g/mol. The molecule has 2 unspecified atom stereocenters. The summed E-state index contributed by atoms with van der Waals surface area (Å²) in [7, 11) is 2.16. The van der Waals surface area contributed by atoms with Gasteiger partial charge in [-0.3, -0.25) is 0 Å². The van der Waals surface area contributed by atoms with Crippen LogP contribution in [0, 0.1) is 12.8 Å². The van der Waals surface area contributed by atoms with Gasteiger partial charge in [0.1, 0.15) is 0 Å². The highest BCUT2D eigenvalue weighted by Crippen LogP contribution is 2.32. The lowest BCUT2D eigenvalue weighted by Crippen LogP contribution is -2.52. The van der Waals surface area contributed by atoms with E-state index < -0.39 is 0 Å². The molecule has 1 aromatic rings. The van der Waals surface area contributed by atoms with Gasteiger partial charge in [0.2, 0.25) is 0 Å². The predicted molar refractivity (Wildman–Crippen MR) is 79.0 cm³/mol. The Balaban J connectivity index is 2.07. The van der Waals surface area contributed by atoms with Crippen LogP contribution >= 0.6 is 0 Å². The van der Waals surface area contributed by atoms with Crippen molar-refractivity contribution in [3.05, 3.63) is 29.8 Å². The first-order valence-electron chi connectivity index (χ1n) is 7.06. The summed E-state index contributed by atoms with van der Waals surface area (Å²) in [6.07, 6.45) is 4.93. The number of benzene rings is 1. The van der Waals surface area contributed by atoms with E-state index in [0.717, 1.165) is 25.3 Å². The molecule has 1 saturated carbocycles. The average Bonchev–Trinajstić information content (AvgIpc) is 2.28. The molecule has 0 amide bonds. The Morgan fingerprint density at radius 3 is 2.78 bits per heavy atom. The van der Waals surface area contributed by atoms with Gasteiger partial charge in [0, 0.05) is 24.8 Å². The normalized spacial score (nSPS) is 28.1. The number of nitrogens with zero attached hydrogens (tertiary/aromatic N) is 1. The number of para-hydroxylation sites is 1. The van der Waals surface area contributed by atoms with Gasteiger partial charge in [0.25, 0.3) is 0 Å². The lowest BCUT2D eigenvalue weighted by atomic mass is 9.77. The maximum atomic E-state index is 6.60. The molecule has 0 aliphatic heterocycles. The van der Waals surface area contributed by atoms with Crippen molar-refractivity contribution in [1.82, 2.24) is 0 Å². The third-order valence-electron chi connectivity index (χ3n) is 4.21. The highest BCUT2D eigenvalue weighted by molar-refractivity contribution is 5.52. The van der Waals surface area contributed by atoms with E-state index in [1.54, 1.807) is 0 Å². The van der Waals surface area contributed by atoms with E-state index in [4.69, 9.17) is 5.73 Å². The Labute approximate surface area is 111 Å². The van der Waals surface area contributed by atoms with Crippen LogP contribution in [0.15, 0.2) is 24.3 Å². The zero-order valence-electron chi connectivity index (χ0n) is 11.9. The molecule has 2 heteroatoms. The third kappa shape index (κ3) is 3.05. The fourth-order valence-corrected chi connectivity index (χ4v) is 3.39. The van der Waals surface area contributed by atoms with E-state index in [9.17, 15) is 0 Å². The van der Waals surface area contributed by atoms with Gasteiger partial charge in [0.05, 0.1) is 0 Å². The van der Waals surface area contributed by atoms with Crippen molar-refractivity contribution in [3.63, 3.8) is 0 Å². The maximum absolute atomic E-state index is 6.60. The lowest BCUT2D eigenvalue weighted by Gasteiger charge is -2.40. The summed E-state index contributed by atoms with van der Waals surface area (Å²) in [6.45, 7) is 5.45. The van der Waals surface area contributed by atoms with Crippen LogP contribution in [0.2, 0.25) is 0 Å². The van der Waals surface area contributed by atoms with Crippen molar-refractivity contribution < 1.29 is 0 Å². The standard InChI is InChI=1S/C16H26N2/c1-13-7-6-10-16(17,11-13)12-18(3)15-9-5-4-8-14(15)2/h4-5,8-9,13H,6-7,10-12,17H2,1-3H3. The highest BCUT2D eigenvalue weighted by atomic mass is 15.1. The topological polar surface area (TPSA) is 29.3 Å². The molecule has 1 aliphatic carbocycles. The molecular formula is C16H26N2. The summed E-state index contributed by atoms with van der Waals surface area (Å²) in [5, 5.41) is 0. The van der Waals surface area contributed by atoms with Crippen LogP contribution in [0.1, 0.15) is 38.2 Å². The van der Waals surface area contributed by atoms with Crippen LogP contribution in [0.3, 0.4) is 0 Å². The molecule has 0 aromatic heterocycles. The molecule has 2 atom stereocenters. The number of hydrogen-bond acceptors (Lipinski definition) is 2. The molecule has 0 spiro atoms. The summed E-state index contributed by atoms with van der Waals surface area (Å²) in [5.74, 6) is 0.772. The fraction of sp³-hybridized carbons (Fsp3) is 0.625. The van der Waals surface area contributed by atoms with Crippen molar-refractivity contribution in [3.8, 4) is 0 Å². The van der Waals surface area contributed by atoms with Crippen LogP contribution in [0.25, 0.3) is 0 Å². The number of likely N-dealkylation sites (N-methyl/N-ethyl adjacent to an activating group) is 1. The molecule has 100 valence electrons. The second-order valence-corrected chi connectivity index (χ2v) is 6.21. The fourth-order valence-electron chi connectivity index (χ4n) is 3.39. The summed E-state index contributed by atoms with van der Waals surface area (Å²) in [4.78, 5) is 2.33. The molecule has 2 N–H and O–H groups in total. The first-order chi connectivity index (χ1) is 8.50. The smallest absolute Gasteiger partial charge is 0.0393 e. The van der Waals surface area contributed by atoms with Crippen molar-refractivity contribution in [2.75, 3.05) is 18.5 Å². The summed E-state index contributed by atoms with van der Waals surface area (Å²) >= 11 is 0. The number of anilines is 1. The zero-order valence-corrected chi connectivity index (χ0v) is 11.9. The minimum atomic E-state index is -0.00526. The Hall–Kier alpha value is -1.02. The van der Waals surface area contributed by atoms with E-state index in [-0.39, 0.29) is 5.54 Å². The highest BCUT2D eigenvalue weighted by Gasteiger charge is 2.32. The van der Waals surface area contributed by atoms with E-state index in [1.165, 1.54) is 24.1 Å². The molecule has 18 heavy (non-hydrogen) atoms. The Morgan fingerprint density at radius 1 is 1.39 bits per heavy atom. The molecule has 0 heterocycles. The van der Waals surface area contributed by atoms with E-state index in [2.05, 4.69) is 50.1 Å². The first-order valence-corrected chi connectivity index (χ1v) is 7.06. The van der Waals surface area contributed by atoms with Crippen LogP contribution in [0.4, 0.5) is 5.69 Å². The van der Waals surface area contributed by atoms with Crippen LogP contribution in [-0.4, -0.2) is 19.1 Å². The van der Waals surface area contributed by atoms with Crippen molar-refractivity contribution in [2.45, 2.75) is 45.1 Å². The van der Waals surface area contributed by atoms with Crippen LogP contribution in [-0.2, 0) is 0 Å². The largest absolute Gasteiger partial charge is 0.373 e. The molecule has 0 bridgehead atoms. The number of hydrogen-bond donors (Lipinski definition) is 1. The first kappa shape index (κ1) is 13.4. The van der Waals surface area contributed by atoms with Gasteiger partial charge in [-0.15, -0.1) is 0 Å². The van der Waals surface area contributed by atoms with Gasteiger partial charge in [0.15, 0.2) is 0 Å². The minimum absolute atomic E-state index is 0.00526. The molecule has 1 aliphatic rings. The maximum Gasteiger partial charge on any atom is 0.0393 e. The van der Waals surface area contributed by atoms with Gasteiger partial charge in [-0.25, -0.2) is 0 Å². The lowest BCUT2D eigenvalue weighted by molar-refractivity contribution is 0.241. The molecule has 0 saturated heterocycles. The molecule has 2 rings (SSSR count). The van der Waals surface area contributed by atoms with Gasteiger partial charge < -0.3 is 10.6 Å². The quantitative estimate of drug-likeness (QED) is 0.886.